The highest BCUT2D eigenvalue weighted by molar-refractivity contribution is 5.92. The van der Waals surface area contributed by atoms with Gasteiger partial charge in [-0.25, -0.2) is 9.97 Å². The van der Waals surface area contributed by atoms with Crippen LogP contribution in [0.25, 0.3) is 22.3 Å². The van der Waals surface area contributed by atoms with Gasteiger partial charge in [0.05, 0.1) is 11.1 Å². The van der Waals surface area contributed by atoms with Crippen LogP contribution in [0.15, 0.2) is 42.5 Å². The molecule has 5 rings (SSSR count). The van der Waals surface area contributed by atoms with Gasteiger partial charge in [0, 0.05) is 22.2 Å². The summed E-state index contributed by atoms with van der Waals surface area (Å²) in [5, 5.41) is 11.5. The first kappa shape index (κ1) is 19.5. The zero-order valence-corrected chi connectivity index (χ0v) is 16.8. The summed E-state index contributed by atoms with van der Waals surface area (Å²) in [6.07, 6.45) is -1.05. The fourth-order valence-corrected chi connectivity index (χ4v) is 4.08. The number of hydrogen-bond acceptors (Lipinski definition) is 4. The van der Waals surface area contributed by atoms with Gasteiger partial charge in [-0.05, 0) is 50.8 Å². The number of fused-ring (bicyclic) bond motifs is 2. The van der Waals surface area contributed by atoms with Crippen LogP contribution in [0.1, 0.15) is 35.2 Å². The Labute approximate surface area is 176 Å². The van der Waals surface area contributed by atoms with Crippen molar-refractivity contribution in [1.82, 2.24) is 20.2 Å². The van der Waals surface area contributed by atoms with E-state index in [0.29, 0.717) is 18.1 Å². The number of benzene rings is 2. The first-order valence-electron chi connectivity index (χ1n) is 10.2. The number of alkyl halides is 3. The highest BCUT2D eigenvalue weighted by Gasteiger charge is 2.34. The topological polar surface area (TPSA) is 66.5 Å². The van der Waals surface area contributed by atoms with E-state index in [1.54, 1.807) is 6.07 Å². The highest BCUT2D eigenvalue weighted by atomic mass is 19.4. The maximum Gasteiger partial charge on any atom is 0.417 e. The Morgan fingerprint density at radius 3 is 2.61 bits per heavy atom. The van der Waals surface area contributed by atoms with Crippen molar-refractivity contribution in [3.05, 3.63) is 64.8 Å². The lowest BCUT2D eigenvalue weighted by atomic mass is 9.95. The van der Waals surface area contributed by atoms with Crippen molar-refractivity contribution in [3.8, 4) is 11.4 Å². The van der Waals surface area contributed by atoms with Gasteiger partial charge >= 0.3 is 6.18 Å². The zero-order valence-electron chi connectivity index (χ0n) is 16.8. The molecule has 2 aromatic carbocycles. The number of nitrogens with zero attached hydrogens (tertiary/aromatic N) is 3. The van der Waals surface area contributed by atoms with Gasteiger partial charge in [-0.2, -0.15) is 18.3 Å². The Morgan fingerprint density at radius 2 is 1.77 bits per heavy atom. The van der Waals surface area contributed by atoms with Crippen LogP contribution in [0, 0.1) is 6.92 Å². The van der Waals surface area contributed by atoms with Gasteiger partial charge < -0.3 is 5.32 Å². The fraction of sp³-hybridized carbons (Fsp3) is 0.261. The van der Waals surface area contributed by atoms with Crippen molar-refractivity contribution >= 4 is 22.5 Å². The third-order valence-corrected chi connectivity index (χ3v) is 5.61. The van der Waals surface area contributed by atoms with Crippen LogP contribution in [-0.2, 0) is 19.0 Å². The monoisotopic (exact) mass is 423 g/mol. The van der Waals surface area contributed by atoms with Gasteiger partial charge in [0.2, 0.25) is 0 Å². The summed E-state index contributed by atoms with van der Waals surface area (Å²) < 4.78 is 40.8. The maximum absolute atomic E-state index is 13.6. The summed E-state index contributed by atoms with van der Waals surface area (Å²) in [4.78, 5) is 9.10. The molecule has 0 aliphatic heterocycles. The quantitative estimate of drug-likeness (QED) is 0.426. The number of halogens is 3. The van der Waals surface area contributed by atoms with Crippen molar-refractivity contribution in [1.29, 1.82) is 0 Å². The lowest BCUT2D eigenvalue weighted by Crippen LogP contribution is -2.14. The number of aromatic amines is 1. The van der Waals surface area contributed by atoms with E-state index in [4.69, 9.17) is 0 Å². The minimum atomic E-state index is -4.49. The van der Waals surface area contributed by atoms with Crippen molar-refractivity contribution in [2.45, 2.75) is 38.8 Å². The second-order valence-electron chi connectivity index (χ2n) is 7.82. The molecule has 2 heterocycles. The SMILES string of the molecule is Cc1ccc2[nH]nc(Nc3nc(-c4ccccc4C(F)(F)F)nc4c3CCCC4)c2c1. The van der Waals surface area contributed by atoms with Gasteiger partial charge in [0.15, 0.2) is 11.6 Å². The number of aryl methyl sites for hydroxylation is 2. The van der Waals surface area contributed by atoms with Gasteiger partial charge in [-0.15, -0.1) is 0 Å². The third kappa shape index (κ3) is 3.62. The van der Waals surface area contributed by atoms with Crippen molar-refractivity contribution in [3.63, 3.8) is 0 Å². The zero-order chi connectivity index (χ0) is 21.6. The molecule has 0 spiro atoms. The molecule has 8 heteroatoms. The van der Waals surface area contributed by atoms with E-state index in [-0.39, 0.29) is 11.4 Å². The second kappa shape index (κ2) is 7.37. The largest absolute Gasteiger partial charge is 0.417 e. The van der Waals surface area contributed by atoms with Crippen molar-refractivity contribution < 1.29 is 13.2 Å². The molecule has 1 aliphatic carbocycles. The molecule has 0 radical (unpaired) electrons. The molecular weight excluding hydrogens is 403 g/mol. The number of anilines is 2. The second-order valence-corrected chi connectivity index (χ2v) is 7.82. The Hall–Kier alpha value is -3.42. The van der Waals surface area contributed by atoms with Crippen molar-refractivity contribution in [2.75, 3.05) is 5.32 Å². The molecule has 0 unspecified atom stereocenters. The molecular formula is C23H20F3N5. The molecule has 0 atom stereocenters. The summed E-state index contributed by atoms with van der Waals surface area (Å²) in [7, 11) is 0. The van der Waals surface area contributed by atoms with Crippen LogP contribution >= 0.6 is 0 Å². The van der Waals surface area contributed by atoms with Crippen LogP contribution in [-0.4, -0.2) is 20.2 Å². The molecule has 0 saturated heterocycles. The molecule has 0 fully saturated rings. The lowest BCUT2D eigenvalue weighted by Gasteiger charge is -2.20. The van der Waals surface area contributed by atoms with Gasteiger partial charge in [0.25, 0.3) is 0 Å². The van der Waals surface area contributed by atoms with E-state index < -0.39 is 11.7 Å². The summed E-state index contributed by atoms with van der Waals surface area (Å²) in [5.74, 6) is 1.19. The van der Waals surface area contributed by atoms with Gasteiger partial charge in [-0.3, -0.25) is 5.10 Å². The molecule has 0 bridgehead atoms. The fourth-order valence-electron chi connectivity index (χ4n) is 4.08. The lowest BCUT2D eigenvalue weighted by molar-refractivity contribution is -0.137. The molecule has 158 valence electrons. The van der Waals surface area contributed by atoms with Gasteiger partial charge in [-0.1, -0.05) is 29.8 Å². The minimum absolute atomic E-state index is 0.0193. The molecule has 2 N–H and O–H groups in total. The van der Waals surface area contributed by atoms with E-state index in [9.17, 15) is 13.2 Å². The van der Waals surface area contributed by atoms with Crippen LogP contribution < -0.4 is 5.32 Å². The summed E-state index contributed by atoms with van der Waals surface area (Å²) >= 11 is 0. The molecule has 4 aromatic rings. The Kier molecular flexibility index (Phi) is 4.64. The predicted octanol–water partition coefficient (Wildman–Crippen LogP) is 5.97. The van der Waals surface area contributed by atoms with Gasteiger partial charge in [0.1, 0.15) is 5.82 Å². The molecule has 1 aliphatic rings. The molecule has 5 nitrogen and oxygen atoms in total. The predicted molar refractivity (Wildman–Crippen MR) is 113 cm³/mol. The first-order valence-corrected chi connectivity index (χ1v) is 10.2. The third-order valence-electron chi connectivity index (χ3n) is 5.61. The normalized spacial score (nSPS) is 13.9. The standard InChI is InChI=1S/C23H20F3N5/c1-13-10-11-19-16(12-13)22(31-30-19)29-21-15-7-3-5-9-18(15)27-20(28-21)14-6-2-4-8-17(14)23(24,25)26/h2,4,6,8,10-12H,3,5,7,9H2,1H3,(H2,27,28,29,30,31). The summed E-state index contributed by atoms with van der Waals surface area (Å²) in [6.45, 7) is 1.99. The number of H-pyrrole nitrogens is 1. The van der Waals surface area contributed by atoms with E-state index in [1.807, 2.05) is 25.1 Å². The number of nitrogens with one attached hydrogen (secondary N) is 2. The average molecular weight is 423 g/mol. The van der Waals surface area contributed by atoms with Crippen LogP contribution in [0.5, 0.6) is 0 Å². The Balaban J connectivity index is 1.65. The summed E-state index contributed by atoms with van der Waals surface area (Å²) in [5.41, 5.74) is 2.95. The first-order chi connectivity index (χ1) is 14.9. The smallest absolute Gasteiger partial charge is 0.323 e. The molecule has 2 aromatic heterocycles. The van der Waals surface area contributed by atoms with Crippen LogP contribution in [0.4, 0.5) is 24.8 Å². The van der Waals surface area contributed by atoms with Crippen LogP contribution in [0.2, 0.25) is 0 Å². The number of aromatic nitrogens is 4. The number of rotatable bonds is 3. The summed E-state index contributed by atoms with van der Waals surface area (Å²) in [6, 6.07) is 11.4. The van der Waals surface area contributed by atoms with E-state index in [0.717, 1.165) is 53.1 Å². The van der Waals surface area contributed by atoms with Crippen molar-refractivity contribution in [2.24, 2.45) is 0 Å². The Morgan fingerprint density at radius 1 is 0.968 bits per heavy atom. The maximum atomic E-state index is 13.6. The van der Waals surface area contributed by atoms with Crippen LogP contribution in [0.3, 0.4) is 0 Å². The Bertz CT molecular complexity index is 1280. The number of hydrogen-bond donors (Lipinski definition) is 2. The molecule has 31 heavy (non-hydrogen) atoms. The molecule has 0 amide bonds. The molecule has 0 saturated carbocycles. The van der Waals surface area contributed by atoms with E-state index in [1.165, 1.54) is 12.1 Å². The minimum Gasteiger partial charge on any atom is -0.323 e. The van der Waals surface area contributed by atoms with E-state index in [2.05, 4.69) is 25.5 Å². The highest BCUT2D eigenvalue weighted by Crippen LogP contribution is 2.38. The van der Waals surface area contributed by atoms with E-state index >= 15 is 0 Å². The average Bonchev–Trinajstić information content (AvgIpc) is 3.15.